The summed E-state index contributed by atoms with van der Waals surface area (Å²) >= 11 is 5.00. The molecule has 4 aromatic rings. The van der Waals surface area contributed by atoms with Gasteiger partial charge in [-0.1, -0.05) is 66.2 Å². The molecule has 2 heterocycles. The number of rotatable bonds is 4. The van der Waals surface area contributed by atoms with Crippen LogP contribution >= 0.6 is 27.3 Å². The molecule has 0 spiro atoms. The first kappa shape index (κ1) is 18.1. The zero-order valence-corrected chi connectivity index (χ0v) is 17.5. The molecule has 0 aliphatic carbocycles. The van der Waals surface area contributed by atoms with Crippen LogP contribution in [0.15, 0.2) is 69.5 Å². The first-order chi connectivity index (χ1) is 13.0. The highest BCUT2D eigenvalue weighted by Gasteiger charge is 2.14. The Bertz CT molecular complexity index is 1160. The van der Waals surface area contributed by atoms with E-state index in [2.05, 4.69) is 59.0 Å². The van der Waals surface area contributed by atoms with Crippen molar-refractivity contribution in [2.75, 3.05) is 0 Å². The van der Waals surface area contributed by atoms with Gasteiger partial charge in [0, 0.05) is 15.4 Å². The highest BCUT2D eigenvalue weighted by Crippen LogP contribution is 2.31. The Kier molecular flexibility index (Phi) is 4.98. The fourth-order valence-electron chi connectivity index (χ4n) is 3.17. The van der Waals surface area contributed by atoms with Crippen LogP contribution in [0.4, 0.5) is 0 Å². The Morgan fingerprint density at radius 2 is 1.93 bits per heavy atom. The molecule has 0 fully saturated rings. The Morgan fingerprint density at radius 3 is 2.63 bits per heavy atom. The van der Waals surface area contributed by atoms with Gasteiger partial charge in [-0.2, -0.15) is 0 Å². The second-order valence-corrected chi connectivity index (χ2v) is 8.69. The predicted octanol–water partition coefficient (Wildman–Crippen LogP) is 6.06. The lowest BCUT2D eigenvalue weighted by molar-refractivity contribution is 0.749. The highest BCUT2D eigenvalue weighted by atomic mass is 79.9. The van der Waals surface area contributed by atoms with Crippen LogP contribution in [0, 0.1) is 0 Å². The smallest absolute Gasteiger partial charge is 0.263 e. The molecule has 0 N–H and O–H groups in total. The largest absolute Gasteiger partial charge is 0.294 e. The maximum Gasteiger partial charge on any atom is 0.263 e. The van der Waals surface area contributed by atoms with E-state index in [4.69, 9.17) is 0 Å². The average molecular weight is 439 g/mol. The lowest BCUT2D eigenvalue weighted by atomic mass is 9.99. The summed E-state index contributed by atoms with van der Waals surface area (Å²) in [6, 6.07) is 16.5. The Labute approximate surface area is 170 Å². The lowest BCUT2D eigenvalue weighted by Gasteiger charge is -2.08. The Morgan fingerprint density at radius 1 is 1.15 bits per heavy atom. The lowest BCUT2D eigenvalue weighted by Crippen LogP contribution is -2.20. The van der Waals surface area contributed by atoms with Gasteiger partial charge in [0.1, 0.15) is 4.83 Å². The van der Waals surface area contributed by atoms with E-state index < -0.39 is 0 Å². The molecule has 0 unspecified atom stereocenters. The van der Waals surface area contributed by atoms with Crippen molar-refractivity contribution < 1.29 is 0 Å². The molecule has 4 rings (SSSR count). The molecule has 3 nitrogen and oxygen atoms in total. The van der Waals surface area contributed by atoms with E-state index in [-0.39, 0.29) is 5.56 Å². The zero-order valence-electron chi connectivity index (χ0n) is 15.1. The molecule has 0 radical (unpaired) electrons. The van der Waals surface area contributed by atoms with E-state index >= 15 is 0 Å². The molecule has 0 aliphatic rings. The molecular weight excluding hydrogens is 420 g/mol. The summed E-state index contributed by atoms with van der Waals surface area (Å²) in [4.78, 5) is 18.5. The quantitative estimate of drug-likeness (QED) is 0.388. The molecule has 0 aliphatic heterocycles. The summed E-state index contributed by atoms with van der Waals surface area (Å²) in [6.07, 6.45) is 1.65. The first-order valence-corrected chi connectivity index (χ1v) is 10.5. The topological polar surface area (TPSA) is 34.9 Å². The number of halogens is 1. The van der Waals surface area contributed by atoms with Crippen molar-refractivity contribution in [2.45, 2.75) is 26.3 Å². The molecule has 2 aromatic heterocycles. The standard InChI is InChI=1S/C22H19BrN2OS/c1-14(2)16-6-8-17(9-7-16)19-12-27-21-20(19)22(26)25(13-24-21)11-15-4-3-5-18(23)10-15/h3-10,12-14H,11H2,1-2H3. The van der Waals surface area contributed by atoms with E-state index in [0.717, 1.165) is 26.0 Å². The van der Waals surface area contributed by atoms with Crippen molar-refractivity contribution in [2.24, 2.45) is 0 Å². The van der Waals surface area contributed by atoms with E-state index in [9.17, 15) is 4.79 Å². The molecule has 0 saturated carbocycles. The fraction of sp³-hybridized carbons (Fsp3) is 0.182. The van der Waals surface area contributed by atoms with Crippen LogP contribution in [-0.4, -0.2) is 9.55 Å². The van der Waals surface area contributed by atoms with Crippen molar-refractivity contribution >= 4 is 37.5 Å². The fourth-order valence-corrected chi connectivity index (χ4v) is 4.53. The normalized spacial score (nSPS) is 11.4. The minimum atomic E-state index is 0.00385. The molecule has 136 valence electrons. The van der Waals surface area contributed by atoms with Crippen LogP contribution in [0.1, 0.15) is 30.9 Å². The second kappa shape index (κ2) is 7.41. The van der Waals surface area contributed by atoms with Gasteiger partial charge in [0.05, 0.1) is 18.3 Å². The highest BCUT2D eigenvalue weighted by molar-refractivity contribution is 9.10. The number of benzene rings is 2. The van der Waals surface area contributed by atoms with Gasteiger partial charge >= 0.3 is 0 Å². The van der Waals surface area contributed by atoms with Gasteiger partial charge in [0.2, 0.25) is 0 Å². The SMILES string of the molecule is CC(C)c1ccc(-c2csc3ncn(Cc4cccc(Br)c4)c(=O)c23)cc1. The number of nitrogens with zero attached hydrogens (tertiary/aromatic N) is 2. The summed E-state index contributed by atoms with van der Waals surface area (Å²) in [5, 5.41) is 2.74. The van der Waals surface area contributed by atoms with E-state index in [1.165, 1.54) is 16.9 Å². The summed E-state index contributed by atoms with van der Waals surface area (Å²) < 4.78 is 2.69. The first-order valence-electron chi connectivity index (χ1n) is 8.84. The Hall–Kier alpha value is -2.24. The van der Waals surface area contributed by atoms with Crippen molar-refractivity contribution in [3.05, 3.63) is 86.2 Å². The van der Waals surface area contributed by atoms with Crippen molar-refractivity contribution in [3.63, 3.8) is 0 Å². The zero-order chi connectivity index (χ0) is 19.0. The number of fused-ring (bicyclic) bond motifs is 1. The number of thiophene rings is 1. The second-order valence-electron chi connectivity index (χ2n) is 6.91. The average Bonchev–Trinajstić information content (AvgIpc) is 3.09. The molecular formula is C22H19BrN2OS. The van der Waals surface area contributed by atoms with Gasteiger partial charge in [-0.15, -0.1) is 11.3 Å². The van der Waals surface area contributed by atoms with Crippen LogP contribution in [0.5, 0.6) is 0 Å². The number of hydrogen-bond acceptors (Lipinski definition) is 3. The van der Waals surface area contributed by atoms with E-state index in [1.807, 2.05) is 29.6 Å². The third-order valence-electron chi connectivity index (χ3n) is 4.69. The summed E-state index contributed by atoms with van der Waals surface area (Å²) in [7, 11) is 0. The molecule has 0 amide bonds. The van der Waals surface area contributed by atoms with Gasteiger partial charge in [0.25, 0.3) is 5.56 Å². The minimum Gasteiger partial charge on any atom is -0.294 e. The monoisotopic (exact) mass is 438 g/mol. The van der Waals surface area contributed by atoms with Gasteiger partial charge < -0.3 is 0 Å². The minimum absolute atomic E-state index is 0.00385. The maximum atomic E-state index is 13.2. The molecule has 2 aromatic carbocycles. The third kappa shape index (κ3) is 3.62. The van der Waals surface area contributed by atoms with Gasteiger partial charge in [-0.05, 0) is 34.7 Å². The van der Waals surface area contributed by atoms with Crippen molar-refractivity contribution in [1.82, 2.24) is 9.55 Å². The summed E-state index contributed by atoms with van der Waals surface area (Å²) in [5.41, 5.74) is 4.38. The molecule has 27 heavy (non-hydrogen) atoms. The van der Waals surface area contributed by atoms with Crippen LogP contribution in [-0.2, 0) is 6.54 Å². The van der Waals surface area contributed by atoms with Crippen molar-refractivity contribution in [3.8, 4) is 11.1 Å². The van der Waals surface area contributed by atoms with Crippen LogP contribution in [0.25, 0.3) is 21.3 Å². The van der Waals surface area contributed by atoms with Crippen molar-refractivity contribution in [1.29, 1.82) is 0 Å². The molecule has 5 heteroatoms. The van der Waals surface area contributed by atoms with Gasteiger partial charge in [-0.25, -0.2) is 4.98 Å². The van der Waals surface area contributed by atoms with Crippen LogP contribution in [0.3, 0.4) is 0 Å². The van der Waals surface area contributed by atoms with Crippen LogP contribution < -0.4 is 5.56 Å². The van der Waals surface area contributed by atoms with E-state index in [1.54, 1.807) is 10.9 Å². The van der Waals surface area contributed by atoms with Gasteiger partial charge in [0.15, 0.2) is 0 Å². The maximum absolute atomic E-state index is 13.2. The number of aromatic nitrogens is 2. The predicted molar refractivity (Wildman–Crippen MR) is 117 cm³/mol. The third-order valence-corrected chi connectivity index (χ3v) is 6.07. The molecule has 0 bridgehead atoms. The van der Waals surface area contributed by atoms with Crippen LogP contribution in [0.2, 0.25) is 0 Å². The summed E-state index contributed by atoms with van der Waals surface area (Å²) in [5.74, 6) is 0.488. The molecule has 0 atom stereocenters. The van der Waals surface area contributed by atoms with E-state index in [0.29, 0.717) is 17.8 Å². The molecule has 0 saturated heterocycles. The Balaban J connectivity index is 1.78. The van der Waals surface area contributed by atoms with Gasteiger partial charge in [-0.3, -0.25) is 9.36 Å². The number of hydrogen-bond donors (Lipinski definition) is 0. The summed E-state index contributed by atoms with van der Waals surface area (Å²) in [6.45, 7) is 4.86.